The standard InChI is InChI=1S/C48H30N2S/c1-2-11-31(12-3-1)32-21-25-34(26-22-32)49-41-18-7-4-14-39(41)46-43(49)29-30-44-47(46)40-15-5-8-19-42(40)50(44)35-27-23-33(24-28-35)36-16-10-17-38-37-13-6-9-20-45(37)51-48(36)38/h1-30H. The molecular weight excluding hydrogens is 637 g/mol. The maximum absolute atomic E-state index is 2.44. The third-order valence-electron chi connectivity index (χ3n) is 10.5. The predicted molar refractivity (Wildman–Crippen MR) is 219 cm³/mol. The van der Waals surface area contributed by atoms with Crippen LogP contribution in [0.1, 0.15) is 0 Å². The van der Waals surface area contributed by atoms with Crippen LogP contribution in [0.2, 0.25) is 0 Å². The fraction of sp³-hybridized carbons (Fsp3) is 0. The second-order valence-electron chi connectivity index (χ2n) is 13.3. The number of rotatable bonds is 4. The molecule has 0 N–H and O–H groups in total. The second kappa shape index (κ2) is 11.0. The summed E-state index contributed by atoms with van der Waals surface area (Å²) in [6.07, 6.45) is 0. The van der Waals surface area contributed by atoms with E-state index in [1.54, 1.807) is 0 Å². The Morgan fingerprint density at radius 3 is 1.43 bits per heavy atom. The molecule has 2 nitrogen and oxygen atoms in total. The molecule has 0 aliphatic rings. The topological polar surface area (TPSA) is 9.86 Å². The minimum absolute atomic E-state index is 1.16. The molecule has 0 radical (unpaired) electrons. The van der Waals surface area contributed by atoms with Crippen molar-refractivity contribution in [2.45, 2.75) is 0 Å². The first-order chi connectivity index (χ1) is 25.3. The molecule has 0 atom stereocenters. The maximum atomic E-state index is 2.44. The number of benzene rings is 8. The SMILES string of the molecule is c1ccc(-c2ccc(-n3c4ccccc4c4c5c6ccccc6n(-c6ccc(-c7cccc8c7sc7ccccc78)cc6)c5ccc43)cc2)cc1. The zero-order valence-electron chi connectivity index (χ0n) is 27.6. The van der Waals surface area contributed by atoms with Crippen molar-refractivity contribution in [3.63, 3.8) is 0 Å². The van der Waals surface area contributed by atoms with Gasteiger partial charge in [-0.25, -0.2) is 0 Å². The van der Waals surface area contributed by atoms with Crippen LogP contribution in [0, 0.1) is 0 Å². The lowest BCUT2D eigenvalue weighted by Crippen LogP contribution is -1.95. The normalized spacial score (nSPS) is 11.9. The number of thiophene rings is 1. The van der Waals surface area contributed by atoms with Gasteiger partial charge in [-0.2, -0.15) is 0 Å². The molecular formula is C48H30N2S. The lowest BCUT2D eigenvalue weighted by atomic mass is 10.0. The van der Waals surface area contributed by atoms with Crippen LogP contribution in [0.4, 0.5) is 0 Å². The molecule has 3 heterocycles. The highest BCUT2D eigenvalue weighted by molar-refractivity contribution is 7.26. The number of hydrogen-bond donors (Lipinski definition) is 0. The molecule has 3 heteroatoms. The summed E-state index contributed by atoms with van der Waals surface area (Å²) in [6.45, 7) is 0. The Morgan fingerprint density at radius 1 is 0.314 bits per heavy atom. The van der Waals surface area contributed by atoms with Gasteiger partial charge in [-0.05, 0) is 76.9 Å². The summed E-state index contributed by atoms with van der Waals surface area (Å²) >= 11 is 1.88. The summed E-state index contributed by atoms with van der Waals surface area (Å²) in [5.41, 5.74) is 12.1. The zero-order chi connectivity index (χ0) is 33.5. The van der Waals surface area contributed by atoms with Crippen molar-refractivity contribution in [2.75, 3.05) is 0 Å². The number of hydrogen-bond acceptors (Lipinski definition) is 1. The lowest BCUT2D eigenvalue weighted by molar-refractivity contribution is 1.17. The Labute approximate surface area is 298 Å². The van der Waals surface area contributed by atoms with Crippen LogP contribution in [0.3, 0.4) is 0 Å². The number of nitrogens with zero attached hydrogens (tertiary/aromatic N) is 2. The number of aromatic nitrogens is 2. The molecule has 11 aromatic rings. The molecule has 0 spiro atoms. The molecule has 51 heavy (non-hydrogen) atoms. The molecule has 0 unspecified atom stereocenters. The first kappa shape index (κ1) is 28.4. The highest BCUT2D eigenvalue weighted by atomic mass is 32.1. The summed E-state index contributed by atoms with van der Waals surface area (Å²) in [7, 11) is 0. The Balaban J connectivity index is 1.10. The van der Waals surface area contributed by atoms with E-state index in [0.29, 0.717) is 0 Å². The Morgan fingerprint density at radius 2 is 0.804 bits per heavy atom. The Bertz CT molecular complexity index is 3100. The van der Waals surface area contributed by atoms with Crippen molar-refractivity contribution >= 4 is 75.1 Å². The fourth-order valence-corrected chi connectivity index (χ4v) is 9.51. The number of para-hydroxylation sites is 2. The van der Waals surface area contributed by atoms with E-state index < -0.39 is 0 Å². The van der Waals surface area contributed by atoms with Gasteiger partial charge in [-0.1, -0.05) is 127 Å². The van der Waals surface area contributed by atoms with Gasteiger partial charge in [-0.15, -0.1) is 11.3 Å². The van der Waals surface area contributed by atoms with Crippen molar-refractivity contribution in [3.05, 3.63) is 182 Å². The van der Waals surface area contributed by atoms with Gasteiger partial charge in [0.05, 0.1) is 22.1 Å². The van der Waals surface area contributed by atoms with Crippen molar-refractivity contribution < 1.29 is 0 Å². The molecule has 0 aliphatic heterocycles. The molecule has 0 bridgehead atoms. The number of fused-ring (bicyclic) bond motifs is 10. The van der Waals surface area contributed by atoms with Gasteiger partial charge >= 0.3 is 0 Å². The monoisotopic (exact) mass is 666 g/mol. The van der Waals surface area contributed by atoms with Crippen LogP contribution >= 0.6 is 11.3 Å². The maximum Gasteiger partial charge on any atom is 0.0548 e. The van der Waals surface area contributed by atoms with E-state index in [-0.39, 0.29) is 0 Å². The lowest BCUT2D eigenvalue weighted by Gasteiger charge is -2.11. The van der Waals surface area contributed by atoms with E-state index in [1.807, 2.05) is 11.3 Å². The van der Waals surface area contributed by atoms with Crippen molar-refractivity contribution in [3.8, 4) is 33.6 Å². The summed E-state index contributed by atoms with van der Waals surface area (Å²) in [5, 5.41) is 7.77. The van der Waals surface area contributed by atoms with E-state index in [2.05, 4.69) is 191 Å². The summed E-state index contributed by atoms with van der Waals surface area (Å²) in [5.74, 6) is 0. The van der Waals surface area contributed by atoms with Crippen molar-refractivity contribution in [1.82, 2.24) is 9.13 Å². The third kappa shape index (κ3) is 4.22. The van der Waals surface area contributed by atoms with Crippen LogP contribution in [-0.2, 0) is 0 Å². The van der Waals surface area contributed by atoms with Gasteiger partial charge in [0.15, 0.2) is 0 Å². The van der Waals surface area contributed by atoms with Gasteiger partial charge in [0, 0.05) is 53.1 Å². The van der Waals surface area contributed by atoms with Crippen molar-refractivity contribution in [1.29, 1.82) is 0 Å². The molecule has 0 saturated heterocycles. The van der Waals surface area contributed by atoms with E-state index >= 15 is 0 Å². The molecule has 3 aromatic heterocycles. The molecule has 0 fully saturated rings. The van der Waals surface area contributed by atoms with Crippen LogP contribution in [0.25, 0.3) is 97.4 Å². The zero-order valence-corrected chi connectivity index (χ0v) is 28.4. The van der Waals surface area contributed by atoms with Gasteiger partial charge in [0.1, 0.15) is 0 Å². The molecule has 238 valence electrons. The molecule has 0 saturated carbocycles. The Kier molecular flexibility index (Phi) is 6.16. The van der Waals surface area contributed by atoms with Crippen LogP contribution < -0.4 is 0 Å². The summed E-state index contributed by atoms with van der Waals surface area (Å²) < 4.78 is 7.54. The third-order valence-corrected chi connectivity index (χ3v) is 11.8. The van der Waals surface area contributed by atoms with Gasteiger partial charge in [0.25, 0.3) is 0 Å². The largest absolute Gasteiger partial charge is 0.309 e. The molecule has 0 aliphatic carbocycles. The van der Waals surface area contributed by atoms with Gasteiger partial charge in [-0.3, -0.25) is 0 Å². The highest BCUT2D eigenvalue weighted by Crippen LogP contribution is 2.43. The van der Waals surface area contributed by atoms with E-state index in [9.17, 15) is 0 Å². The molecule has 11 rings (SSSR count). The van der Waals surface area contributed by atoms with Crippen molar-refractivity contribution in [2.24, 2.45) is 0 Å². The first-order valence-electron chi connectivity index (χ1n) is 17.4. The second-order valence-corrected chi connectivity index (χ2v) is 14.4. The summed E-state index contributed by atoms with van der Waals surface area (Å²) in [4.78, 5) is 0. The Hall–Kier alpha value is -6.42. The first-order valence-corrected chi connectivity index (χ1v) is 18.3. The van der Waals surface area contributed by atoms with Gasteiger partial charge < -0.3 is 9.13 Å². The van der Waals surface area contributed by atoms with Crippen LogP contribution in [-0.4, -0.2) is 9.13 Å². The average Bonchev–Trinajstić information content (AvgIpc) is 3.86. The van der Waals surface area contributed by atoms with Crippen LogP contribution in [0.5, 0.6) is 0 Å². The van der Waals surface area contributed by atoms with E-state index in [4.69, 9.17) is 0 Å². The van der Waals surface area contributed by atoms with Crippen LogP contribution in [0.15, 0.2) is 182 Å². The van der Waals surface area contributed by atoms with Gasteiger partial charge in [0.2, 0.25) is 0 Å². The quantitative estimate of drug-likeness (QED) is 0.177. The average molecular weight is 667 g/mol. The highest BCUT2D eigenvalue weighted by Gasteiger charge is 2.20. The predicted octanol–water partition coefficient (Wildman–Crippen LogP) is 13.6. The van der Waals surface area contributed by atoms with E-state index in [1.165, 1.54) is 86.0 Å². The minimum atomic E-state index is 1.16. The summed E-state index contributed by atoms with van der Waals surface area (Å²) in [6, 6.07) is 66.5. The molecule has 0 amide bonds. The smallest absolute Gasteiger partial charge is 0.0548 e. The fourth-order valence-electron chi connectivity index (χ4n) is 8.27. The van der Waals surface area contributed by atoms with E-state index in [0.717, 1.165) is 11.4 Å². The minimum Gasteiger partial charge on any atom is -0.309 e. The molecule has 8 aromatic carbocycles.